The van der Waals surface area contributed by atoms with Crippen LogP contribution in [0.5, 0.6) is 5.75 Å². The smallest absolute Gasteiger partial charge is 0.138 e. The van der Waals surface area contributed by atoms with E-state index in [9.17, 15) is 5.11 Å². The van der Waals surface area contributed by atoms with Crippen LogP contribution < -0.4 is 4.74 Å². The van der Waals surface area contributed by atoms with Crippen LogP contribution >= 0.6 is 0 Å². The van der Waals surface area contributed by atoms with Gasteiger partial charge in [-0.05, 0) is 50.2 Å². The predicted octanol–water partition coefficient (Wildman–Crippen LogP) is 2.48. The van der Waals surface area contributed by atoms with Gasteiger partial charge < -0.3 is 9.84 Å². The molecule has 1 unspecified atom stereocenters. The normalized spacial score (nSPS) is 34.0. The first kappa shape index (κ1) is 14.8. The lowest BCUT2D eigenvalue weighted by atomic mass is 9.79. The molecule has 1 aliphatic heterocycles. The number of hydrogen-bond donors (Lipinski definition) is 1. The molecule has 1 saturated carbocycles. The Morgan fingerprint density at radius 1 is 1.38 bits per heavy atom. The molecule has 1 aromatic heterocycles. The Morgan fingerprint density at radius 2 is 2.19 bits per heavy atom. The molecule has 4 nitrogen and oxygen atoms in total. The zero-order valence-electron chi connectivity index (χ0n) is 12.9. The molecule has 0 bridgehead atoms. The zero-order chi connectivity index (χ0) is 14.7. The highest BCUT2D eigenvalue weighted by atomic mass is 16.5. The molecule has 0 aromatic carbocycles. The highest BCUT2D eigenvalue weighted by Crippen LogP contribution is 2.33. The van der Waals surface area contributed by atoms with Crippen molar-refractivity contribution < 1.29 is 9.84 Å². The summed E-state index contributed by atoms with van der Waals surface area (Å²) in [5, 5.41) is 10.7. The molecule has 1 aliphatic carbocycles. The maximum atomic E-state index is 10.7. The molecule has 116 valence electrons. The molecule has 4 heteroatoms. The number of pyridine rings is 1. The van der Waals surface area contributed by atoms with E-state index in [0.717, 1.165) is 63.4 Å². The predicted molar refractivity (Wildman–Crippen MR) is 82.3 cm³/mol. The molecule has 1 aromatic rings. The van der Waals surface area contributed by atoms with Gasteiger partial charge >= 0.3 is 0 Å². The van der Waals surface area contributed by atoms with Crippen molar-refractivity contribution >= 4 is 0 Å². The first-order chi connectivity index (χ1) is 10.1. The number of ether oxygens (including phenoxy) is 1. The van der Waals surface area contributed by atoms with Crippen molar-refractivity contribution in [3.05, 3.63) is 24.5 Å². The number of rotatable bonds is 4. The highest BCUT2D eigenvalue weighted by Gasteiger charge is 2.36. The maximum Gasteiger partial charge on any atom is 0.138 e. The van der Waals surface area contributed by atoms with E-state index in [-0.39, 0.29) is 6.10 Å². The molecular formula is C17H26N2O2. The second-order valence-corrected chi connectivity index (χ2v) is 6.86. The lowest BCUT2D eigenvalue weighted by Crippen LogP contribution is -2.45. The summed E-state index contributed by atoms with van der Waals surface area (Å²) < 4.78 is 5.96. The Kier molecular flexibility index (Phi) is 4.45. The van der Waals surface area contributed by atoms with Crippen LogP contribution in [0.1, 0.15) is 39.0 Å². The van der Waals surface area contributed by atoms with Gasteiger partial charge in [0, 0.05) is 25.8 Å². The number of hydrogen-bond acceptors (Lipinski definition) is 4. The van der Waals surface area contributed by atoms with E-state index in [0.29, 0.717) is 0 Å². The number of aliphatic hydroxyl groups is 1. The van der Waals surface area contributed by atoms with E-state index in [2.05, 4.69) is 16.8 Å². The molecule has 3 rings (SSSR count). The van der Waals surface area contributed by atoms with Crippen molar-refractivity contribution in [3.63, 3.8) is 0 Å². The Morgan fingerprint density at radius 3 is 2.90 bits per heavy atom. The summed E-state index contributed by atoms with van der Waals surface area (Å²) in [4.78, 5) is 6.44. The second kappa shape index (κ2) is 6.32. The SMILES string of the molecule is CC1CCC(O)(CN2CCC(Oc3cccnc3)C2)CC1. The summed E-state index contributed by atoms with van der Waals surface area (Å²) in [6, 6.07) is 3.85. The number of aromatic nitrogens is 1. The summed E-state index contributed by atoms with van der Waals surface area (Å²) in [5.41, 5.74) is -0.476. The van der Waals surface area contributed by atoms with Crippen LogP contribution in [0.25, 0.3) is 0 Å². The third-order valence-corrected chi connectivity index (χ3v) is 4.89. The second-order valence-electron chi connectivity index (χ2n) is 6.86. The monoisotopic (exact) mass is 290 g/mol. The summed E-state index contributed by atoms with van der Waals surface area (Å²) in [6.07, 6.45) is 8.96. The van der Waals surface area contributed by atoms with Gasteiger partial charge in [0.05, 0.1) is 11.8 Å². The first-order valence-electron chi connectivity index (χ1n) is 8.14. The lowest BCUT2D eigenvalue weighted by molar-refractivity contribution is -0.0320. The molecule has 21 heavy (non-hydrogen) atoms. The number of β-amino-alcohol motifs (C(OH)–C–C–N with tert-alkyl or cyclic N) is 1. The first-order valence-corrected chi connectivity index (χ1v) is 8.14. The van der Waals surface area contributed by atoms with Crippen LogP contribution in [0.4, 0.5) is 0 Å². The third kappa shape index (κ3) is 3.95. The lowest BCUT2D eigenvalue weighted by Gasteiger charge is -2.37. The van der Waals surface area contributed by atoms with Crippen LogP contribution in [0.15, 0.2) is 24.5 Å². The van der Waals surface area contributed by atoms with E-state index in [4.69, 9.17) is 4.74 Å². The van der Waals surface area contributed by atoms with Gasteiger partial charge in [-0.25, -0.2) is 0 Å². The fraction of sp³-hybridized carbons (Fsp3) is 0.706. The summed E-state index contributed by atoms with van der Waals surface area (Å²) in [5.74, 6) is 1.61. The molecule has 1 N–H and O–H groups in total. The Bertz CT molecular complexity index is 443. The summed E-state index contributed by atoms with van der Waals surface area (Å²) in [7, 11) is 0. The van der Waals surface area contributed by atoms with Gasteiger partial charge in [0.15, 0.2) is 0 Å². The van der Waals surface area contributed by atoms with Crippen molar-refractivity contribution in [1.82, 2.24) is 9.88 Å². The van der Waals surface area contributed by atoms with Gasteiger partial charge in [-0.15, -0.1) is 0 Å². The van der Waals surface area contributed by atoms with E-state index in [1.807, 2.05) is 12.1 Å². The molecule has 1 saturated heterocycles. The highest BCUT2D eigenvalue weighted by molar-refractivity contribution is 5.16. The van der Waals surface area contributed by atoms with Crippen LogP contribution in [0.3, 0.4) is 0 Å². The summed E-state index contributed by atoms with van der Waals surface area (Å²) in [6.45, 7) is 5.01. The standard InChI is InChI=1S/C17H26N2O2/c1-14-4-7-17(20,8-5-14)13-19-10-6-16(12-19)21-15-3-2-9-18-11-15/h2-3,9,11,14,16,20H,4-8,10,12-13H2,1H3. The fourth-order valence-corrected chi connectivity index (χ4v) is 3.52. The number of likely N-dealkylation sites (tertiary alicyclic amines) is 1. The van der Waals surface area contributed by atoms with E-state index >= 15 is 0 Å². The zero-order valence-corrected chi connectivity index (χ0v) is 12.9. The third-order valence-electron chi connectivity index (χ3n) is 4.89. The van der Waals surface area contributed by atoms with E-state index in [1.165, 1.54) is 0 Å². The molecule has 0 spiro atoms. The molecule has 2 fully saturated rings. The van der Waals surface area contributed by atoms with Gasteiger partial charge in [0.2, 0.25) is 0 Å². The molecule has 2 heterocycles. The molecule has 2 aliphatic rings. The van der Waals surface area contributed by atoms with Crippen LogP contribution in [-0.2, 0) is 0 Å². The molecule has 1 atom stereocenters. The Balaban J connectivity index is 1.48. The van der Waals surface area contributed by atoms with Gasteiger partial charge in [-0.3, -0.25) is 9.88 Å². The Labute approximate surface area is 127 Å². The minimum atomic E-state index is -0.476. The van der Waals surface area contributed by atoms with E-state index < -0.39 is 5.60 Å². The minimum Gasteiger partial charge on any atom is -0.487 e. The van der Waals surface area contributed by atoms with Gasteiger partial charge in [-0.2, -0.15) is 0 Å². The molecule has 0 amide bonds. The van der Waals surface area contributed by atoms with Gasteiger partial charge in [-0.1, -0.05) is 6.92 Å². The van der Waals surface area contributed by atoms with Crippen molar-refractivity contribution in [2.24, 2.45) is 5.92 Å². The van der Waals surface area contributed by atoms with Crippen molar-refractivity contribution in [2.75, 3.05) is 19.6 Å². The van der Waals surface area contributed by atoms with E-state index in [1.54, 1.807) is 12.4 Å². The fourth-order valence-electron chi connectivity index (χ4n) is 3.52. The number of nitrogens with zero attached hydrogens (tertiary/aromatic N) is 2. The summed E-state index contributed by atoms with van der Waals surface area (Å²) >= 11 is 0. The van der Waals surface area contributed by atoms with Crippen molar-refractivity contribution in [3.8, 4) is 5.75 Å². The molecular weight excluding hydrogens is 264 g/mol. The van der Waals surface area contributed by atoms with Crippen LogP contribution in [0.2, 0.25) is 0 Å². The van der Waals surface area contributed by atoms with Crippen LogP contribution in [-0.4, -0.2) is 46.3 Å². The van der Waals surface area contributed by atoms with Crippen LogP contribution in [0, 0.1) is 5.92 Å². The molecule has 0 radical (unpaired) electrons. The van der Waals surface area contributed by atoms with Crippen molar-refractivity contribution in [1.29, 1.82) is 0 Å². The Hall–Kier alpha value is -1.13. The quantitative estimate of drug-likeness (QED) is 0.925. The average Bonchev–Trinajstić information content (AvgIpc) is 2.90. The topological polar surface area (TPSA) is 45.6 Å². The largest absolute Gasteiger partial charge is 0.487 e. The van der Waals surface area contributed by atoms with Crippen molar-refractivity contribution in [2.45, 2.75) is 50.7 Å². The maximum absolute atomic E-state index is 10.7. The van der Waals surface area contributed by atoms with Gasteiger partial charge in [0.25, 0.3) is 0 Å². The average molecular weight is 290 g/mol. The van der Waals surface area contributed by atoms with Gasteiger partial charge in [0.1, 0.15) is 11.9 Å². The minimum absolute atomic E-state index is 0.223.